The smallest absolute Gasteiger partial charge is 0.351 e. The van der Waals surface area contributed by atoms with Gasteiger partial charge in [0.15, 0.2) is 5.50 Å². The highest BCUT2D eigenvalue weighted by molar-refractivity contribution is 6.34. The molecular weight excluding hydrogens is 237 g/mol. The number of hydrogen-bond donors (Lipinski definition) is 1. The fourth-order valence-corrected chi connectivity index (χ4v) is 1.95. The third-order valence-corrected chi connectivity index (χ3v) is 2.85. The molecule has 80 valence electrons. The van der Waals surface area contributed by atoms with Crippen molar-refractivity contribution in [1.82, 2.24) is 5.01 Å². The normalized spacial score (nSPS) is 33.4. The molecule has 0 spiro atoms. The van der Waals surface area contributed by atoms with Crippen LogP contribution in [-0.4, -0.2) is 31.6 Å². The van der Waals surface area contributed by atoms with Crippen molar-refractivity contribution in [2.45, 2.75) is 23.3 Å². The van der Waals surface area contributed by atoms with Crippen molar-refractivity contribution in [1.29, 1.82) is 0 Å². The van der Waals surface area contributed by atoms with E-state index in [-0.39, 0.29) is 12.8 Å². The molecule has 0 aromatic rings. The fourth-order valence-electron chi connectivity index (χ4n) is 1.26. The molecule has 7 nitrogen and oxygen atoms in total. The van der Waals surface area contributed by atoms with Crippen molar-refractivity contribution in [2.75, 3.05) is 0 Å². The molecule has 0 amide bonds. The summed E-state index contributed by atoms with van der Waals surface area (Å²) in [4.78, 5) is 8.34. The van der Waals surface area contributed by atoms with Crippen molar-refractivity contribution < 1.29 is 14.9 Å². The molecule has 0 aromatic carbocycles. The molecule has 0 aliphatic carbocycles. The number of rotatable bonds is 2. The Hall–Kier alpha value is -0.950. The minimum absolute atomic E-state index is 0.0354. The first-order chi connectivity index (χ1) is 6.43. The number of halogens is 2. The molecule has 1 heterocycles. The Morgan fingerprint density at radius 3 is 2.79 bits per heavy atom. The van der Waals surface area contributed by atoms with Gasteiger partial charge in [-0.15, -0.1) is 0 Å². The number of nitrogens with zero attached hydrogens (tertiary/aromatic N) is 3. The predicted octanol–water partition coefficient (Wildman–Crippen LogP) is 1.04. The molecule has 1 aliphatic heterocycles. The number of hydrazine groups is 1. The Morgan fingerprint density at radius 2 is 2.36 bits per heavy atom. The van der Waals surface area contributed by atoms with Gasteiger partial charge in [0.05, 0.1) is 0 Å². The van der Waals surface area contributed by atoms with E-state index in [1.165, 1.54) is 0 Å². The van der Waals surface area contributed by atoms with Crippen molar-refractivity contribution in [2.24, 2.45) is 5.28 Å². The van der Waals surface area contributed by atoms with Crippen molar-refractivity contribution in [3.63, 3.8) is 0 Å². The van der Waals surface area contributed by atoms with Gasteiger partial charge in [0.1, 0.15) is 0 Å². The van der Waals surface area contributed by atoms with Gasteiger partial charge in [0, 0.05) is 11.4 Å². The second kappa shape index (κ2) is 3.66. The van der Waals surface area contributed by atoms with E-state index in [9.17, 15) is 15.2 Å². The molecule has 9 heteroatoms. The van der Waals surface area contributed by atoms with E-state index < -0.39 is 21.4 Å². The fraction of sp³-hybridized carbons (Fsp3) is 0.800. The Balaban J connectivity index is 3.04. The lowest BCUT2D eigenvalue weighted by atomic mass is 10.2. The summed E-state index contributed by atoms with van der Waals surface area (Å²) >= 11 is 11.3. The molecule has 0 saturated carbocycles. The minimum Gasteiger partial charge on any atom is -0.737 e. The van der Waals surface area contributed by atoms with Gasteiger partial charge in [-0.2, -0.15) is 0 Å². The van der Waals surface area contributed by atoms with Gasteiger partial charge >= 0.3 is 5.97 Å². The van der Waals surface area contributed by atoms with E-state index in [1.54, 1.807) is 0 Å². The molecule has 1 fully saturated rings. The first kappa shape index (κ1) is 11.1. The number of carboxylic acids is 1. The number of aliphatic carboxylic acids is 1. The van der Waals surface area contributed by atoms with Crippen LogP contribution in [-0.2, 0) is 4.79 Å². The summed E-state index contributed by atoms with van der Waals surface area (Å²) in [5, 5.41) is 32.1. The Morgan fingerprint density at radius 1 is 1.79 bits per heavy atom. The number of hydrogen-bond acceptors (Lipinski definition) is 4. The highest BCUT2D eigenvalue weighted by Gasteiger charge is 2.56. The Labute approximate surface area is 88.6 Å². The van der Waals surface area contributed by atoms with Crippen LogP contribution in [0.15, 0.2) is 5.28 Å². The number of carbonyl (C=O) groups is 1. The lowest BCUT2D eigenvalue weighted by Crippen LogP contribution is -2.50. The topological polar surface area (TPSA) is 102 Å². The maximum atomic E-state index is 10.9. The zero-order valence-electron chi connectivity index (χ0n) is 6.76. The van der Waals surface area contributed by atoms with Gasteiger partial charge in [-0.3, -0.25) is 0 Å². The number of carboxylic acid groups (broad SMARTS) is 1. The van der Waals surface area contributed by atoms with Crippen molar-refractivity contribution >= 4 is 29.2 Å². The summed E-state index contributed by atoms with van der Waals surface area (Å²) < 4.78 is 0. The van der Waals surface area contributed by atoms with Gasteiger partial charge in [0.2, 0.25) is 0 Å². The first-order valence-corrected chi connectivity index (χ1v) is 4.41. The zero-order chi connectivity index (χ0) is 10.9. The van der Waals surface area contributed by atoms with E-state index in [1.807, 2.05) is 5.28 Å². The van der Waals surface area contributed by atoms with E-state index in [4.69, 9.17) is 28.3 Å². The van der Waals surface area contributed by atoms with E-state index in [0.717, 1.165) is 0 Å². The zero-order valence-corrected chi connectivity index (χ0v) is 8.27. The Bertz CT molecular complexity index is 286. The summed E-state index contributed by atoms with van der Waals surface area (Å²) in [6, 6.07) is 0. The third-order valence-electron chi connectivity index (χ3n) is 1.92. The van der Waals surface area contributed by atoms with Crippen LogP contribution in [0.4, 0.5) is 0 Å². The molecule has 0 aromatic heterocycles. The number of alkyl halides is 2. The summed E-state index contributed by atoms with van der Waals surface area (Å²) in [5.74, 6) is -1.44. The highest BCUT2D eigenvalue weighted by atomic mass is 35.5. The van der Waals surface area contributed by atoms with Crippen LogP contribution < -0.4 is 0 Å². The van der Waals surface area contributed by atoms with E-state index >= 15 is 0 Å². The largest absolute Gasteiger partial charge is 0.737 e. The second-order valence-corrected chi connectivity index (χ2v) is 3.85. The molecule has 0 bridgehead atoms. The van der Waals surface area contributed by atoms with Gasteiger partial charge in [-0.1, -0.05) is 28.2 Å². The summed E-state index contributed by atoms with van der Waals surface area (Å²) in [6.07, 6.45) is 0.151. The van der Waals surface area contributed by atoms with Crippen LogP contribution >= 0.6 is 23.2 Å². The molecule has 14 heavy (non-hydrogen) atoms. The lowest BCUT2D eigenvalue weighted by molar-refractivity contribution is -0.698. The second-order valence-electron chi connectivity index (χ2n) is 2.72. The molecule has 2 unspecified atom stereocenters. The summed E-state index contributed by atoms with van der Waals surface area (Å²) in [5.41, 5.74) is -0.946. The van der Waals surface area contributed by atoms with Crippen LogP contribution in [0, 0.1) is 10.4 Å². The maximum absolute atomic E-state index is 10.9. The van der Waals surface area contributed by atoms with Crippen LogP contribution in [0.1, 0.15) is 12.8 Å². The van der Waals surface area contributed by atoms with E-state index in [2.05, 4.69) is 0 Å². The predicted molar refractivity (Wildman–Crippen MR) is 46.4 cm³/mol. The SMILES string of the molecule is O=C(O)C1(Cl)CCC(Cl)N1/[N+]([O-])=N/[O-]. The average Bonchev–Trinajstić information content (AvgIpc) is 2.43. The molecule has 1 rings (SSSR count). The molecule has 0 radical (unpaired) electrons. The molecule has 1 saturated heterocycles. The molecular formula is C5H6Cl2N3O4-. The minimum atomic E-state index is -1.98. The summed E-state index contributed by atoms with van der Waals surface area (Å²) in [7, 11) is 0. The summed E-state index contributed by atoms with van der Waals surface area (Å²) in [6.45, 7) is 0. The molecule has 1 N–H and O–H groups in total. The van der Waals surface area contributed by atoms with Gasteiger partial charge in [0.25, 0.3) is 5.00 Å². The quantitative estimate of drug-likeness (QED) is 0.256. The average molecular weight is 243 g/mol. The molecule has 1 aliphatic rings. The lowest BCUT2D eigenvalue weighted by Gasteiger charge is -2.26. The van der Waals surface area contributed by atoms with Crippen LogP contribution in [0.5, 0.6) is 0 Å². The molecule has 2 atom stereocenters. The maximum Gasteiger partial charge on any atom is 0.351 e. The van der Waals surface area contributed by atoms with Crippen LogP contribution in [0.2, 0.25) is 0 Å². The highest BCUT2D eigenvalue weighted by Crippen LogP contribution is 2.39. The van der Waals surface area contributed by atoms with Gasteiger partial charge in [-0.25, -0.2) is 4.79 Å². The Kier molecular flexibility index (Phi) is 2.91. The monoisotopic (exact) mass is 242 g/mol. The van der Waals surface area contributed by atoms with Gasteiger partial charge in [-0.05, 0) is 11.7 Å². The van der Waals surface area contributed by atoms with Crippen LogP contribution in [0.25, 0.3) is 0 Å². The van der Waals surface area contributed by atoms with Crippen molar-refractivity contribution in [3.8, 4) is 0 Å². The first-order valence-electron chi connectivity index (χ1n) is 3.59. The van der Waals surface area contributed by atoms with E-state index in [0.29, 0.717) is 5.01 Å². The third kappa shape index (κ3) is 1.53. The standard InChI is InChI=1S/C5H7Cl2N3O4/c6-3-1-2-5(7,4(11)12)9(3)10(14)8-13/h3,13H,1-2H2,(H,11,12)/p-1/b10-8-. The van der Waals surface area contributed by atoms with Crippen molar-refractivity contribution in [3.05, 3.63) is 10.4 Å². The van der Waals surface area contributed by atoms with Gasteiger partial charge < -0.3 is 15.5 Å². The van der Waals surface area contributed by atoms with Crippen LogP contribution in [0.3, 0.4) is 0 Å².